The topological polar surface area (TPSA) is 34.4 Å². The summed E-state index contributed by atoms with van der Waals surface area (Å²) in [5, 5.41) is 1.59. The average Bonchev–Trinajstić information content (AvgIpc) is 3.13. The van der Waals surface area contributed by atoms with Crippen molar-refractivity contribution in [2.75, 3.05) is 0 Å². The van der Waals surface area contributed by atoms with Crippen LogP contribution in [0.5, 0.6) is 0 Å². The molecule has 0 fully saturated rings. The van der Waals surface area contributed by atoms with Crippen LogP contribution in [-0.4, -0.2) is 4.57 Å². The molecule has 0 aliphatic rings. The van der Waals surface area contributed by atoms with E-state index in [-0.39, 0.29) is 5.43 Å². The Labute approximate surface area is 172 Å². The second kappa shape index (κ2) is 7.02. The van der Waals surface area contributed by atoms with Gasteiger partial charge in [0.2, 0.25) is 5.43 Å². The zero-order valence-corrected chi connectivity index (χ0v) is 16.9. The number of aromatic nitrogens is 1. The van der Waals surface area contributed by atoms with E-state index < -0.39 is 0 Å². The zero-order chi connectivity index (χ0) is 19.1. The van der Waals surface area contributed by atoms with Gasteiger partial charge in [0.25, 0.3) is 0 Å². The van der Waals surface area contributed by atoms with Crippen LogP contribution in [0, 0.1) is 0 Å². The average molecular weight is 421 g/mol. The van der Waals surface area contributed by atoms with Gasteiger partial charge < -0.3 is 0 Å². The summed E-state index contributed by atoms with van der Waals surface area (Å²) in [6, 6.07) is 25.3. The van der Waals surface area contributed by atoms with Crippen LogP contribution in [0.4, 0.5) is 5.69 Å². The summed E-state index contributed by atoms with van der Waals surface area (Å²) in [6.45, 7) is 0. The molecule has 6 heteroatoms. The van der Waals surface area contributed by atoms with Crippen molar-refractivity contribution < 1.29 is 0 Å². The molecule has 5 aromatic rings. The van der Waals surface area contributed by atoms with Crippen LogP contribution in [0.25, 0.3) is 26.8 Å². The van der Waals surface area contributed by atoms with Crippen LogP contribution < -0.4 is 10.1 Å². The number of benzene rings is 3. The van der Waals surface area contributed by atoms with E-state index in [9.17, 15) is 4.79 Å². The summed E-state index contributed by atoms with van der Waals surface area (Å²) in [7, 11) is 3.07. The molecule has 0 saturated heterocycles. The molecule has 0 atom stereocenters. The lowest BCUT2D eigenvalue weighted by molar-refractivity contribution is 1.18. The van der Waals surface area contributed by atoms with E-state index in [1.54, 1.807) is 16.4 Å². The minimum absolute atomic E-state index is 0.0741. The van der Waals surface area contributed by atoms with Gasteiger partial charge in [0, 0.05) is 5.69 Å². The van der Waals surface area contributed by atoms with Crippen molar-refractivity contribution in [1.82, 2.24) is 4.57 Å². The first-order valence-corrected chi connectivity index (χ1v) is 11.2. The van der Waals surface area contributed by atoms with Crippen LogP contribution in [0.2, 0.25) is 5.02 Å². The van der Waals surface area contributed by atoms with Crippen LogP contribution in [0.15, 0.2) is 88.6 Å². The van der Waals surface area contributed by atoms with Gasteiger partial charge in [-0.2, -0.15) is 0 Å². The highest BCUT2D eigenvalue weighted by Gasteiger charge is 2.17. The molecule has 0 amide bonds. The Kier molecular flexibility index (Phi) is 4.36. The highest BCUT2D eigenvalue weighted by molar-refractivity contribution is 7.71. The van der Waals surface area contributed by atoms with Gasteiger partial charge in [-0.1, -0.05) is 74.7 Å². The van der Waals surface area contributed by atoms with Crippen molar-refractivity contribution in [3.05, 3.63) is 98.8 Å². The predicted molar refractivity (Wildman–Crippen MR) is 119 cm³/mol. The zero-order valence-electron chi connectivity index (χ0n) is 14.5. The van der Waals surface area contributed by atoms with E-state index in [1.807, 2.05) is 72.8 Å². The van der Waals surface area contributed by atoms with Gasteiger partial charge in [-0.05, 0) is 36.4 Å². The molecule has 5 rings (SSSR count). The Hall–Kier alpha value is -2.73. The maximum atomic E-state index is 13.4. The molecule has 2 heterocycles. The smallest absolute Gasteiger partial charge is 0.202 e. The van der Waals surface area contributed by atoms with Crippen LogP contribution >= 0.6 is 32.3 Å². The summed E-state index contributed by atoms with van der Waals surface area (Å²) >= 11 is 6.46. The molecule has 0 bridgehead atoms. The van der Waals surface area contributed by atoms with Crippen molar-refractivity contribution in [2.45, 2.75) is 0 Å². The van der Waals surface area contributed by atoms with Crippen molar-refractivity contribution in [3.63, 3.8) is 0 Å². The van der Waals surface area contributed by atoms with E-state index in [1.165, 1.54) is 10.3 Å². The van der Waals surface area contributed by atoms with E-state index >= 15 is 0 Å². The first-order chi connectivity index (χ1) is 13.7. The fourth-order valence-corrected chi connectivity index (χ4v) is 6.04. The van der Waals surface area contributed by atoms with Crippen molar-refractivity contribution in [1.29, 1.82) is 0 Å². The molecule has 0 N–H and O–H groups in total. The number of rotatable bonds is 2. The van der Waals surface area contributed by atoms with Crippen LogP contribution in [0.1, 0.15) is 0 Å². The van der Waals surface area contributed by atoms with E-state index in [2.05, 4.69) is 4.57 Å². The lowest BCUT2D eigenvalue weighted by Gasteiger charge is -2.13. The van der Waals surface area contributed by atoms with E-state index in [0.717, 1.165) is 21.7 Å². The maximum absolute atomic E-state index is 13.4. The number of fused-ring (bicyclic) bond motifs is 2. The summed E-state index contributed by atoms with van der Waals surface area (Å²) in [4.78, 5) is 19.0. The molecule has 0 radical (unpaired) electrons. The van der Waals surface area contributed by atoms with Gasteiger partial charge in [-0.15, -0.1) is 0 Å². The van der Waals surface area contributed by atoms with Crippen LogP contribution in [-0.2, 0) is 0 Å². The monoisotopic (exact) mass is 420 g/mol. The molecule has 3 aromatic carbocycles. The second-order valence-corrected chi connectivity index (χ2v) is 8.75. The third-order valence-corrected chi connectivity index (χ3v) is 7.11. The summed E-state index contributed by atoms with van der Waals surface area (Å²) in [6.07, 6.45) is 0. The number of pyridine rings is 1. The van der Waals surface area contributed by atoms with E-state index in [4.69, 9.17) is 16.6 Å². The number of nitrogens with zero attached hydrogens (tertiary/aromatic N) is 2. The molecule has 0 spiro atoms. The van der Waals surface area contributed by atoms with Gasteiger partial charge in [0.1, 0.15) is 9.50 Å². The van der Waals surface area contributed by atoms with Crippen molar-refractivity contribution in [3.8, 4) is 5.69 Å². The summed E-state index contributed by atoms with van der Waals surface area (Å²) in [5.74, 6) is 0. The SMILES string of the molecule is O=c1c2c(Cl)cccc2n(-c2ccccc2)c2ssc(=Nc3ccccc3)c12. The third-order valence-electron chi connectivity index (χ3n) is 4.52. The fraction of sp³-hybridized carbons (Fsp3) is 0. The van der Waals surface area contributed by atoms with Gasteiger partial charge >= 0.3 is 0 Å². The highest BCUT2D eigenvalue weighted by atomic mass is 35.5. The highest BCUT2D eigenvalue weighted by Crippen LogP contribution is 2.30. The molecule has 0 unspecified atom stereocenters. The number of hydrogen-bond acceptors (Lipinski definition) is 4. The van der Waals surface area contributed by atoms with Crippen LogP contribution in [0.3, 0.4) is 0 Å². The second-order valence-electron chi connectivity index (χ2n) is 6.23. The van der Waals surface area contributed by atoms with Gasteiger partial charge in [0.05, 0.1) is 27.0 Å². The van der Waals surface area contributed by atoms with Crippen molar-refractivity contribution >= 4 is 59.1 Å². The summed E-state index contributed by atoms with van der Waals surface area (Å²) in [5.41, 5.74) is 2.54. The Morgan fingerprint density at radius 3 is 2.25 bits per heavy atom. The first kappa shape index (κ1) is 17.4. The van der Waals surface area contributed by atoms with Gasteiger partial charge in [-0.25, -0.2) is 4.99 Å². The van der Waals surface area contributed by atoms with Gasteiger partial charge in [0.15, 0.2) is 0 Å². The largest absolute Gasteiger partial charge is 0.300 e. The Bertz CT molecular complexity index is 1430. The standard InChI is InChI=1S/C22H13ClN2OS2/c23-16-12-7-13-17-18(16)20(26)19-21(24-14-8-3-1-4-9-14)27-28-22(19)25(17)15-10-5-2-6-11-15/h1-13H. The molecule has 2 aromatic heterocycles. The van der Waals surface area contributed by atoms with E-state index in [0.29, 0.717) is 20.5 Å². The fourth-order valence-electron chi connectivity index (χ4n) is 3.28. The number of para-hydroxylation sites is 2. The Balaban J connectivity index is 1.99. The minimum Gasteiger partial charge on any atom is -0.300 e. The normalized spacial score (nSPS) is 12.1. The molecule has 136 valence electrons. The Morgan fingerprint density at radius 1 is 0.786 bits per heavy atom. The molecular weight excluding hydrogens is 408 g/mol. The van der Waals surface area contributed by atoms with Crippen molar-refractivity contribution in [2.24, 2.45) is 4.99 Å². The molecule has 28 heavy (non-hydrogen) atoms. The lowest BCUT2D eigenvalue weighted by atomic mass is 10.1. The lowest BCUT2D eigenvalue weighted by Crippen LogP contribution is -2.14. The third kappa shape index (κ3) is 2.79. The number of hydrogen-bond donors (Lipinski definition) is 0. The van der Waals surface area contributed by atoms with Gasteiger partial charge in [-0.3, -0.25) is 9.36 Å². The number of halogens is 1. The summed E-state index contributed by atoms with van der Waals surface area (Å²) < 4.78 is 2.81. The minimum atomic E-state index is -0.0741. The quantitative estimate of drug-likeness (QED) is 0.315. The molecule has 0 saturated carbocycles. The molecular formula is C22H13ClN2OS2. The molecule has 3 nitrogen and oxygen atoms in total. The maximum Gasteiger partial charge on any atom is 0.202 e. The molecule has 0 aliphatic heterocycles. The predicted octanol–water partition coefficient (Wildman–Crippen LogP) is 6.15. The molecule has 0 aliphatic carbocycles. The Morgan fingerprint density at radius 2 is 1.50 bits per heavy atom. The first-order valence-electron chi connectivity index (χ1n) is 8.65.